The summed E-state index contributed by atoms with van der Waals surface area (Å²) < 4.78 is 0. The van der Waals surface area contributed by atoms with E-state index >= 15 is 0 Å². The van der Waals surface area contributed by atoms with Crippen molar-refractivity contribution in [3.63, 3.8) is 0 Å². The highest BCUT2D eigenvalue weighted by atomic mass is 16.2. The second kappa shape index (κ2) is 7.09. The second-order valence-corrected chi connectivity index (χ2v) is 4.73. The Morgan fingerprint density at radius 1 is 1.23 bits per heavy atom. The first-order valence-electron chi connectivity index (χ1n) is 6.66. The van der Waals surface area contributed by atoms with Crippen LogP contribution in [0.25, 0.3) is 0 Å². The number of carbonyl (C=O) groups is 1. The van der Waals surface area contributed by atoms with Crippen molar-refractivity contribution >= 4 is 11.6 Å². The third-order valence-electron chi connectivity index (χ3n) is 2.87. The lowest BCUT2D eigenvalue weighted by molar-refractivity contribution is 0.0952. The van der Waals surface area contributed by atoms with E-state index in [0.29, 0.717) is 0 Å². The van der Waals surface area contributed by atoms with Crippen molar-refractivity contribution in [2.45, 2.75) is 0 Å². The quantitative estimate of drug-likeness (QED) is 0.814. The Bertz CT molecular complexity index is 747. The molecule has 1 aromatic carbocycles. The molecule has 22 heavy (non-hydrogen) atoms. The van der Waals surface area contributed by atoms with Crippen LogP contribution in [0.5, 0.6) is 0 Å². The Kier molecular flexibility index (Phi) is 4.94. The lowest BCUT2D eigenvalue weighted by Crippen LogP contribution is -2.26. The maximum absolute atomic E-state index is 11.7. The number of carbonyl (C=O) groups excluding carboxylic acids is 1. The fourth-order valence-electron chi connectivity index (χ4n) is 1.68. The lowest BCUT2D eigenvalue weighted by Gasteiger charge is -2.11. The molecule has 0 bridgehead atoms. The number of amides is 1. The number of nitrogens with one attached hydrogen (secondary N) is 2. The minimum atomic E-state index is -0.381. The van der Waals surface area contributed by atoms with Crippen LogP contribution in [0.3, 0.4) is 0 Å². The van der Waals surface area contributed by atoms with Crippen LogP contribution in [-0.4, -0.2) is 36.7 Å². The maximum Gasteiger partial charge on any atom is 0.272 e. The molecule has 6 heteroatoms. The largest absolute Gasteiger partial charge is 0.378 e. The second-order valence-electron chi connectivity index (χ2n) is 4.73. The molecule has 0 unspecified atom stereocenters. The molecule has 0 aliphatic carbocycles. The van der Waals surface area contributed by atoms with Gasteiger partial charge in [-0.05, 0) is 30.3 Å². The molecule has 0 aliphatic rings. The van der Waals surface area contributed by atoms with Crippen LogP contribution in [0.15, 0.2) is 41.2 Å². The number of rotatable bonds is 3. The van der Waals surface area contributed by atoms with Crippen LogP contribution < -0.4 is 15.8 Å². The number of anilines is 1. The maximum atomic E-state index is 11.7. The van der Waals surface area contributed by atoms with E-state index in [0.717, 1.165) is 11.3 Å². The van der Waals surface area contributed by atoms with Crippen LogP contribution in [0.1, 0.15) is 16.1 Å². The highest BCUT2D eigenvalue weighted by Gasteiger charge is 2.04. The molecular weight excluding hydrogens is 280 g/mol. The van der Waals surface area contributed by atoms with Gasteiger partial charge in [0.15, 0.2) is 0 Å². The van der Waals surface area contributed by atoms with Crippen molar-refractivity contribution in [2.75, 3.05) is 25.5 Å². The van der Waals surface area contributed by atoms with Gasteiger partial charge in [-0.15, -0.1) is 0 Å². The highest BCUT2D eigenvalue weighted by molar-refractivity contribution is 5.92. The summed E-state index contributed by atoms with van der Waals surface area (Å²) in [6.07, 6.45) is 0. The summed E-state index contributed by atoms with van der Waals surface area (Å²) in [6.45, 7) is 0.203. The van der Waals surface area contributed by atoms with E-state index in [1.165, 1.54) is 12.1 Å². The standard InChI is InChI=1S/C16H16N4O2/c1-20(2)13-7-5-12(6-8-13)4-3-11-17-16(22)14-9-10-15(21)19-18-14/h5-10H,11H2,1-2H3,(H,17,22)(H,19,21). The van der Waals surface area contributed by atoms with Crippen molar-refractivity contribution in [3.8, 4) is 11.8 Å². The minimum Gasteiger partial charge on any atom is -0.378 e. The van der Waals surface area contributed by atoms with E-state index in [-0.39, 0.29) is 23.7 Å². The summed E-state index contributed by atoms with van der Waals surface area (Å²) in [5, 5.41) is 8.46. The zero-order chi connectivity index (χ0) is 15.9. The summed E-state index contributed by atoms with van der Waals surface area (Å²) in [6, 6.07) is 10.4. The molecule has 1 aromatic heterocycles. The van der Waals surface area contributed by atoms with Crippen molar-refractivity contribution in [1.82, 2.24) is 15.5 Å². The normalized spacial score (nSPS) is 9.55. The van der Waals surface area contributed by atoms with Crippen LogP contribution >= 0.6 is 0 Å². The molecule has 112 valence electrons. The number of hydrogen-bond acceptors (Lipinski definition) is 4. The Morgan fingerprint density at radius 3 is 2.55 bits per heavy atom. The van der Waals surface area contributed by atoms with Gasteiger partial charge in [-0.2, -0.15) is 5.10 Å². The molecule has 2 aromatic rings. The summed E-state index contributed by atoms with van der Waals surface area (Å²) in [4.78, 5) is 24.6. The van der Waals surface area contributed by atoms with Crippen LogP contribution in [-0.2, 0) is 0 Å². The monoisotopic (exact) mass is 296 g/mol. The van der Waals surface area contributed by atoms with Crippen LogP contribution in [0.4, 0.5) is 5.69 Å². The molecule has 0 saturated carbocycles. The van der Waals surface area contributed by atoms with E-state index in [4.69, 9.17) is 0 Å². The van der Waals surface area contributed by atoms with Crippen LogP contribution in [0, 0.1) is 11.8 Å². The predicted molar refractivity (Wildman–Crippen MR) is 84.8 cm³/mol. The van der Waals surface area contributed by atoms with Crippen molar-refractivity contribution < 1.29 is 4.79 Å². The van der Waals surface area contributed by atoms with E-state index in [1.807, 2.05) is 43.3 Å². The van der Waals surface area contributed by atoms with Gasteiger partial charge in [0.25, 0.3) is 11.5 Å². The predicted octanol–water partition coefficient (Wildman–Crippen LogP) is 0.617. The van der Waals surface area contributed by atoms with Gasteiger partial charge >= 0.3 is 0 Å². The van der Waals surface area contributed by atoms with E-state index < -0.39 is 0 Å². The number of aromatic nitrogens is 2. The first-order valence-corrected chi connectivity index (χ1v) is 6.66. The van der Waals surface area contributed by atoms with Crippen molar-refractivity contribution in [2.24, 2.45) is 0 Å². The van der Waals surface area contributed by atoms with Gasteiger partial charge < -0.3 is 10.2 Å². The zero-order valence-corrected chi connectivity index (χ0v) is 12.4. The van der Waals surface area contributed by atoms with Gasteiger partial charge in [-0.3, -0.25) is 9.59 Å². The molecule has 0 atom stereocenters. The molecule has 1 heterocycles. The van der Waals surface area contributed by atoms with Gasteiger partial charge in [0.1, 0.15) is 5.69 Å². The summed E-state index contributed by atoms with van der Waals surface area (Å²) >= 11 is 0. The number of aromatic amines is 1. The Labute approximate surface area is 128 Å². The van der Waals surface area contributed by atoms with Gasteiger partial charge in [0.2, 0.25) is 0 Å². The highest BCUT2D eigenvalue weighted by Crippen LogP contribution is 2.11. The molecule has 0 saturated heterocycles. The fraction of sp³-hybridized carbons (Fsp3) is 0.188. The van der Waals surface area contributed by atoms with Gasteiger partial charge in [-0.25, -0.2) is 5.10 Å². The summed E-state index contributed by atoms with van der Waals surface area (Å²) in [5.74, 6) is 5.45. The smallest absolute Gasteiger partial charge is 0.272 e. The molecular formula is C16H16N4O2. The average molecular weight is 296 g/mol. The van der Waals surface area contributed by atoms with Gasteiger partial charge in [0.05, 0.1) is 6.54 Å². The van der Waals surface area contributed by atoms with E-state index in [1.54, 1.807) is 0 Å². The number of H-pyrrole nitrogens is 1. The molecule has 0 spiro atoms. The fourth-order valence-corrected chi connectivity index (χ4v) is 1.68. The van der Waals surface area contributed by atoms with Crippen molar-refractivity contribution in [1.29, 1.82) is 0 Å². The lowest BCUT2D eigenvalue weighted by atomic mass is 10.2. The average Bonchev–Trinajstić information content (AvgIpc) is 2.52. The first kappa shape index (κ1) is 15.3. The van der Waals surface area contributed by atoms with E-state index in [2.05, 4.69) is 27.4 Å². The Morgan fingerprint density at radius 2 is 1.95 bits per heavy atom. The minimum absolute atomic E-state index is 0.150. The molecule has 1 amide bonds. The Hall–Kier alpha value is -3.07. The van der Waals surface area contributed by atoms with Gasteiger partial charge in [-0.1, -0.05) is 11.8 Å². The number of nitrogens with zero attached hydrogens (tertiary/aromatic N) is 2. The van der Waals surface area contributed by atoms with Gasteiger partial charge in [0, 0.05) is 31.4 Å². The molecule has 0 fully saturated rings. The molecule has 0 radical (unpaired) electrons. The third-order valence-corrected chi connectivity index (χ3v) is 2.87. The van der Waals surface area contributed by atoms with Crippen LogP contribution in [0.2, 0.25) is 0 Å². The van der Waals surface area contributed by atoms with Crippen molar-refractivity contribution in [3.05, 3.63) is 58.0 Å². The summed E-state index contributed by atoms with van der Waals surface area (Å²) in [5.41, 5.74) is 1.78. The number of hydrogen-bond donors (Lipinski definition) is 2. The SMILES string of the molecule is CN(C)c1ccc(C#CCNC(=O)c2ccc(=O)[nH]n2)cc1. The summed E-state index contributed by atoms with van der Waals surface area (Å²) in [7, 11) is 3.95. The zero-order valence-electron chi connectivity index (χ0n) is 12.4. The first-order chi connectivity index (χ1) is 10.6. The molecule has 2 N–H and O–H groups in total. The topological polar surface area (TPSA) is 78.1 Å². The Balaban J connectivity index is 1.89. The molecule has 0 aliphatic heterocycles. The molecule has 6 nitrogen and oxygen atoms in total. The number of benzene rings is 1. The van der Waals surface area contributed by atoms with E-state index in [9.17, 15) is 9.59 Å². The molecule has 2 rings (SSSR count). The third kappa shape index (κ3) is 4.21.